The Hall–Kier alpha value is -1.42. The van der Waals surface area contributed by atoms with Crippen LogP contribution in [0.4, 0.5) is 4.39 Å². The molecular formula is C12H16FNO2. The van der Waals surface area contributed by atoms with Crippen LogP contribution in [0.15, 0.2) is 18.2 Å². The largest absolute Gasteiger partial charge is 0.465 e. The van der Waals surface area contributed by atoms with E-state index in [2.05, 4.69) is 5.32 Å². The summed E-state index contributed by atoms with van der Waals surface area (Å²) in [6, 6.07) is 4.88. The second-order valence-corrected chi connectivity index (χ2v) is 3.49. The zero-order valence-corrected chi connectivity index (χ0v) is 9.55. The first-order chi connectivity index (χ1) is 7.63. The van der Waals surface area contributed by atoms with Crippen molar-refractivity contribution in [3.8, 4) is 0 Å². The van der Waals surface area contributed by atoms with Gasteiger partial charge >= 0.3 is 5.97 Å². The van der Waals surface area contributed by atoms with E-state index in [1.54, 1.807) is 26.0 Å². The van der Waals surface area contributed by atoms with Crippen LogP contribution < -0.4 is 5.32 Å². The van der Waals surface area contributed by atoms with E-state index >= 15 is 0 Å². The molecule has 16 heavy (non-hydrogen) atoms. The van der Waals surface area contributed by atoms with Crippen LogP contribution in [0.1, 0.15) is 18.1 Å². The second kappa shape index (κ2) is 6.23. The van der Waals surface area contributed by atoms with Crippen molar-refractivity contribution in [3.05, 3.63) is 35.1 Å². The molecule has 0 atom stereocenters. The lowest BCUT2D eigenvalue weighted by Crippen LogP contribution is -2.24. The lowest BCUT2D eigenvalue weighted by molar-refractivity contribution is -0.142. The zero-order chi connectivity index (χ0) is 12.0. The molecule has 0 unspecified atom stereocenters. The van der Waals surface area contributed by atoms with Crippen molar-refractivity contribution in [1.29, 1.82) is 0 Å². The van der Waals surface area contributed by atoms with Crippen LogP contribution in [0.2, 0.25) is 0 Å². The molecule has 0 aromatic heterocycles. The Morgan fingerprint density at radius 3 is 2.88 bits per heavy atom. The summed E-state index contributed by atoms with van der Waals surface area (Å²) in [5.41, 5.74) is 1.55. The summed E-state index contributed by atoms with van der Waals surface area (Å²) in [6.45, 7) is 4.56. The smallest absolute Gasteiger partial charge is 0.319 e. The molecule has 0 aliphatic heterocycles. The van der Waals surface area contributed by atoms with E-state index in [1.807, 2.05) is 0 Å². The molecule has 0 spiro atoms. The molecule has 0 radical (unpaired) electrons. The molecule has 0 aliphatic carbocycles. The van der Waals surface area contributed by atoms with Crippen LogP contribution in [0.25, 0.3) is 0 Å². The summed E-state index contributed by atoms with van der Waals surface area (Å²) in [5, 5.41) is 2.94. The quantitative estimate of drug-likeness (QED) is 0.776. The fraction of sp³-hybridized carbons (Fsp3) is 0.417. The highest BCUT2D eigenvalue weighted by atomic mass is 19.1. The van der Waals surface area contributed by atoms with Crippen molar-refractivity contribution in [2.24, 2.45) is 0 Å². The molecule has 0 amide bonds. The maximum atomic E-state index is 13.0. The molecule has 1 aromatic carbocycles. The van der Waals surface area contributed by atoms with Crippen molar-refractivity contribution < 1.29 is 13.9 Å². The lowest BCUT2D eigenvalue weighted by Gasteiger charge is -2.05. The van der Waals surface area contributed by atoms with Gasteiger partial charge in [-0.15, -0.1) is 0 Å². The molecule has 1 rings (SSSR count). The number of hydrogen-bond acceptors (Lipinski definition) is 3. The van der Waals surface area contributed by atoms with Crippen molar-refractivity contribution in [2.75, 3.05) is 13.2 Å². The van der Waals surface area contributed by atoms with E-state index in [0.29, 0.717) is 18.7 Å². The third kappa shape index (κ3) is 3.98. The third-order valence-electron chi connectivity index (χ3n) is 2.13. The highest BCUT2D eigenvalue weighted by molar-refractivity contribution is 5.71. The van der Waals surface area contributed by atoms with E-state index in [9.17, 15) is 9.18 Å². The molecule has 0 aliphatic rings. The molecule has 3 nitrogen and oxygen atoms in total. The average molecular weight is 225 g/mol. The van der Waals surface area contributed by atoms with Gasteiger partial charge in [-0.2, -0.15) is 0 Å². The second-order valence-electron chi connectivity index (χ2n) is 3.49. The molecule has 0 fully saturated rings. The predicted octanol–water partition coefficient (Wildman–Crippen LogP) is 1.79. The highest BCUT2D eigenvalue weighted by Crippen LogP contribution is 2.08. The van der Waals surface area contributed by atoms with Gasteiger partial charge in [-0.3, -0.25) is 4.79 Å². The first kappa shape index (κ1) is 12.6. The van der Waals surface area contributed by atoms with Crippen LogP contribution in [0, 0.1) is 12.7 Å². The van der Waals surface area contributed by atoms with E-state index in [-0.39, 0.29) is 18.3 Å². The monoisotopic (exact) mass is 225 g/mol. The minimum atomic E-state index is -0.277. The van der Waals surface area contributed by atoms with Gasteiger partial charge in [0.2, 0.25) is 0 Å². The number of ether oxygens (including phenoxy) is 1. The maximum Gasteiger partial charge on any atom is 0.319 e. The van der Waals surface area contributed by atoms with Crippen molar-refractivity contribution >= 4 is 5.97 Å². The van der Waals surface area contributed by atoms with Gasteiger partial charge in [0.25, 0.3) is 0 Å². The van der Waals surface area contributed by atoms with Crippen LogP contribution in [0.3, 0.4) is 0 Å². The van der Waals surface area contributed by atoms with Crippen LogP contribution in [0.5, 0.6) is 0 Å². The van der Waals surface area contributed by atoms with E-state index < -0.39 is 0 Å². The van der Waals surface area contributed by atoms with E-state index in [0.717, 1.165) is 5.56 Å². The zero-order valence-electron chi connectivity index (χ0n) is 9.55. The van der Waals surface area contributed by atoms with Gasteiger partial charge in [-0.25, -0.2) is 4.39 Å². The number of rotatable bonds is 5. The minimum absolute atomic E-state index is 0.171. The molecule has 88 valence electrons. The topological polar surface area (TPSA) is 38.3 Å². The maximum absolute atomic E-state index is 13.0. The van der Waals surface area contributed by atoms with Crippen molar-refractivity contribution in [3.63, 3.8) is 0 Å². The minimum Gasteiger partial charge on any atom is -0.465 e. The Balaban J connectivity index is 2.37. The molecule has 0 heterocycles. The van der Waals surface area contributed by atoms with E-state index in [4.69, 9.17) is 4.74 Å². The Labute approximate surface area is 94.6 Å². The summed E-state index contributed by atoms with van der Waals surface area (Å²) in [6.07, 6.45) is 0. The van der Waals surface area contributed by atoms with Gasteiger partial charge in [-0.1, -0.05) is 12.1 Å². The Morgan fingerprint density at radius 2 is 2.25 bits per heavy atom. The summed E-state index contributed by atoms with van der Waals surface area (Å²) in [7, 11) is 0. The van der Waals surface area contributed by atoms with Gasteiger partial charge in [0.1, 0.15) is 5.82 Å². The lowest BCUT2D eigenvalue weighted by atomic mass is 10.1. The Bertz CT molecular complexity index is 366. The van der Waals surface area contributed by atoms with E-state index in [1.165, 1.54) is 6.07 Å². The fourth-order valence-corrected chi connectivity index (χ4v) is 1.34. The number of aryl methyl sites for hydroxylation is 1. The van der Waals surface area contributed by atoms with Gasteiger partial charge in [0, 0.05) is 6.54 Å². The number of hydrogen-bond donors (Lipinski definition) is 1. The van der Waals surface area contributed by atoms with Crippen LogP contribution >= 0.6 is 0 Å². The molecule has 4 heteroatoms. The number of nitrogens with one attached hydrogen (secondary N) is 1. The van der Waals surface area contributed by atoms with Gasteiger partial charge in [0.05, 0.1) is 13.2 Å². The average Bonchev–Trinajstić information content (AvgIpc) is 2.24. The molecular weight excluding hydrogens is 209 g/mol. The first-order valence-electron chi connectivity index (χ1n) is 5.25. The molecule has 1 aromatic rings. The number of carbonyl (C=O) groups excluding carboxylic acids is 1. The standard InChI is InChI=1S/C12H16FNO2/c1-3-16-12(15)8-14-7-10-4-5-11(13)9(2)6-10/h4-6,14H,3,7-8H2,1-2H3. The first-order valence-corrected chi connectivity index (χ1v) is 5.25. The SMILES string of the molecule is CCOC(=O)CNCc1ccc(F)c(C)c1. The van der Waals surface area contributed by atoms with Gasteiger partial charge in [-0.05, 0) is 31.0 Å². The van der Waals surface area contributed by atoms with Crippen LogP contribution in [-0.2, 0) is 16.1 Å². The molecule has 0 saturated heterocycles. The van der Waals surface area contributed by atoms with Crippen LogP contribution in [-0.4, -0.2) is 19.1 Å². The summed E-state index contributed by atoms with van der Waals surface area (Å²) in [5.74, 6) is -0.490. The summed E-state index contributed by atoms with van der Waals surface area (Å²) < 4.78 is 17.7. The number of esters is 1. The van der Waals surface area contributed by atoms with Gasteiger partial charge in [0.15, 0.2) is 0 Å². The molecule has 1 N–H and O–H groups in total. The predicted molar refractivity (Wildman–Crippen MR) is 59.5 cm³/mol. The number of halogens is 1. The number of benzene rings is 1. The summed E-state index contributed by atoms with van der Waals surface area (Å²) >= 11 is 0. The van der Waals surface area contributed by atoms with Crippen molar-refractivity contribution in [1.82, 2.24) is 5.32 Å². The van der Waals surface area contributed by atoms with Crippen molar-refractivity contribution in [2.45, 2.75) is 20.4 Å². The number of carbonyl (C=O) groups is 1. The Morgan fingerprint density at radius 1 is 1.50 bits per heavy atom. The highest BCUT2D eigenvalue weighted by Gasteiger charge is 2.02. The molecule has 0 saturated carbocycles. The summed E-state index contributed by atoms with van der Waals surface area (Å²) in [4.78, 5) is 11.0. The Kier molecular flexibility index (Phi) is 4.92. The van der Waals surface area contributed by atoms with Gasteiger partial charge < -0.3 is 10.1 Å². The molecule has 0 bridgehead atoms. The fourth-order valence-electron chi connectivity index (χ4n) is 1.34. The third-order valence-corrected chi connectivity index (χ3v) is 2.13. The normalized spacial score (nSPS) is 10.2.